The smallest absolute Gasteiger partial charge is 0.0786 e. The molecule has 0 fully saturated rings. The summed E-state index contributed by atoms with van der Waals surface area (Å²) in [5.74, 6) is 0. The zero-order valence-corrected chi connectivity index (χ0v) is 17.3. The Hall–Kier alpha value is 0.662. The molecule has 0 radical (unpaired) electrons. The van der Waals surface area contributed by atoms with Crippen molar-refractivity contribution in [3.8, 4) is 0 Å². The van der Waals surface area contributed by atoms with Crippen LogP contribution in [-0.4, -0.2) is 47.1 Å². The largest absolute Gasteiger partial charge is 0.412 e. The minimum absolute atomic E-state index is 0. The second kappa shape index (κ2) is 26.6. The topological polar surface area (TPSA) is 94.5 Å². The molecule has 22 heavy (non-hydrogen) atoms. The fourth-order valence-electron chi connectivity index (χ4n) is 2.64. The normalized spacial score (nSPS) is 9.27. The van der Waals surface area contributed by atoms with Crippen LogP contribution >= 0.6 is 12.4 Å². The molecule has 0 bridgehead atoms. The van der Waals surface area contributed by atoms with Crippen molar-refractivity contribution in [3.05, 3.63) is 0 Å². The molecule has 6 heteroatoms. The molecule has 0 aromatic heterocycles. The third kappa shape index (κ3) is 18.7. The Labute approximate surface area is 156 Å². The Bertz CT molecular complexity index is 140. The van der Waals surface area contributed by atoms with E-state index in [0.717, 1.165) is 0 Å². The van der Waals surface area contributed by atoms with Gasteiger partial charge < -0.3 is 20.9 Å². The van der Waals surface area contributed by atoms with Crippen molar-refractivity contribution in [2.45, 2.75) is 79.1 Å². The predicted molar refractivity (Wildman–Crippen MR) is 97.4 cm³/mol. The minimum atomic E-state index is 0. The van der Waals surface area contributed by atoms with Gasteiger partial charge in [0, 0.05) is 17.4 Å². The maximum Gasteiger partial charge on any atom is 0.0786 e. The molecule has 0 aromatic rings. The van der Waals surface area contributed by atoms with Gasteiger partial charge in [0.05, 0.1) is 26.2 Å². The molecular weight excluding hydrogens is 342 g/mol. The number of rotatable bonds is 12. The van der Waals surface area contributed by atoms with E-state index >= 15 is 0 Å². The summed E-state index contributed by atoms with van der Waals surface area (Å²) in [7, 11) is 0. The van der Waals surface area contributed by atoms with Gasteiger partial charge in [0.1, 0.15) is 0 Å². The van der Waals surface area contributed by atoms with Gasteiger partial charge in [-0.2, -0.15) is 0 Å². The van der Waals surface area contributed by atoms with Crippen molar-refractivity contribution in [2.75, 3.05) is 26.2 Å². The van der Waals surface area contributed by atoms with Gasteiger partial charge in [-0.25, -0.2) is 0 Å². The van der Waals surface area contributed by atoms with Crippen LogP contribution in [0, 0.1) is 0 Å². The molecule has 0 amide bonds. The molecule has 0 unspecified atom stereocenters. The average molecular weight is 385 g/mol. The maximum atomic E-state index is 2.33. The van der Waals surface area contributed by atoms with Gasteiger partial charge in [-0.15, -0.1) is 12.4 Å². The van der Waals surface area contributed by atoms with Crippen LogP contribution in [0.5, 0.6) is 0 Å². The molecule has 0 aliphatic rings. The number of quaternary nitrogens is 1. The van der Waals surface area contributed by atoms with Crippen LogP contribution < -0.4 is 0 Å². The molecule has 0 aliphatic carbocycles. The summed E-state index contributed by atoms with van der Waals surface area (Å²) in [6, 6.07) is 0. The Kier molecular flexibility index (Phi) is 46.2. The fourth-order valence-corrected chi connectivity index (χ4v) is 2.64. The molecule has 0 aliphatic heterocycles. The van der Waals surface area contributed by atoms with Crippen LogP contribution in [0.25, 0.3) is 0 Å². The van der Waals surface area contributed by atoms with Crippen LogP contribution in [0.1, 0.15) is 79.1 Å². The Morgan fingerprint density at radius 1 is 0.500 bits per heavy atom. The summed E-state index contributed by atoms with van der Waals surface area (Å²) in [5.41, 5.74) is 0. The van der Waals surface area contributed by atoms with E-state index in [1.54, 1.807) is 0 Å². The molecule has 0 rings (SSSR count). The molecule has 0 saturated carbocycles. The molecule has 0 atom stereocenters. The van der Waals surface area contributed by atoms with Crippen molar-refractivity contribution < 1.29 is 38.3 Å². The van der Waals surface area contributed by atoms with Crippen LogP contribution in [0.2, 0.25) is 0 Å². The first kappa shape index (κ1) is 38.3. The van der Waals surface area contributed by atoms with Gasteiger partial charge in [-0.05, 0) is 25.7 Å². The van der Waals surface area contributed by atoms with E-state index in [-0.39, 0.29) is 46.2 Å². The molecular formula is C16H43ClCrNO3+. The van der Waals surface area contributed by atoms with Crippen LogP contribution in [0.15, 0.2) is 0 Å². The number of unbranched alkanes of at least 4 members (excludes halogenated alkanes) is 4. The van der Waals surface area contributed by atoms with Gasteiger partial charge in [-0.1, -0.05) is 53.4 Å². The summed E-state index contributed by atoms with van der Waals surface area (Å²) in [5, 5.41) is 0. The van der Waals surface area contributed by atoms with E-state index in [4.69, 9.17) is 0 Å². The standard InChI is InChI=1S/C16H36N.ClH.Cr.3H2O/c1-5-9-13-17(14-10-6-2,15-11-7-3)16-12-8-4;;;;;/h5-16H2,1-4H3;1H;;3*1H2/q+1;;;;;. The van der Waals surface area contributed by atoms with E-state index < -0.39 is 0 Å². The zero-order chi connectivity index (χ0) is 13.0. The second-order valence-electron chi connectivity index (χ2n) is 5.65. The van der Waals surface area contributed by atoms with E-state index in [9.17, 15) is 0 Å². The van der Waals surface area contributed by atoms with Crippen molar-refractivity contribution in [2.24, 2.45) is 0 Å². The fraction of sp³-hybridized carbons (Fsp3) is 1.00. The zero-order valence-electron chi connectivity index (χ0n) is 15.2. The van der Waals surface area contributed by atoms with Gasteiger partial charge in [0.25, 0.3) is 0 Å². The summed E-state index contributed by atoms with van der Waals surface area (Å²) >= 11 is 0. The summed E-state index contributed by atoms with van der Waals surface area (Å²) < 4.78 is 1.42. The van der Waals surface area contributed by atoms with Gasteiger partial charge in [0.15, 0.2) is 0 Å². The average Bonchev–Trinajstić information content (AvgIpc) is 2.37. The first-order valence-electron chi connectivity index (χ1n) is 8.09. The first-order chi connectivity index (χ1) is 8.24. The predicted octanol–water partition coefficient (Wildman–Crippen LogP) is 2.95. The number of nitrogens with zero attached hydrogens (tertiary/aromatic N) is 1. The third-order valence-electron chi connectivity index (χ3n) is 3.94. The van der Waals surface area contributed by atoms with E-state index in [0.29, 0.717) is 0 Å². The monoisotopic (exact) mass is 384 g/mol. The van der Waals surface area contributed by atoms with Gasteiger partial charge in [-0.3, -0.25) is 0 Å². The van der Waals surface area contributed by atoms with Crippen molar-refractivity contribution in [1.82, 2.24) is 0 Å². The van der Waals surface area contributed by atoms with Crippen LogP contribution in [-0.2, 0) is 17.4 Å². The summed E-state index contributed by atoms with van der Waals surface area (Å²) in [6.45, 7) is 15.0. The first-order valence-corrected chi connectivity index (χ1v) is 8.09. The molecule has 0 spiro atoms. The van der Waals surface area contributed by atoms with E-state index in [1.165, 1.54) is 82.0 Å². The number of hydrogen-bond acceptors (Lipinski definition) is 0. The molecule has 4 nitrogen and oxygen atoms in total. The van der Waals surface area contributed by atoms with Gasteiger partial charge in [0.2, 0.25) is 0 Å². The molecule has 0 saturated heterocycles. The Balaban J connectivity index is -0.000000128. The van der Waals surface area contributed by atoms with E-state index in [1.807, 2.05) is 0 Å². The number of hydrogen-bond donors (Lipinski definition) is 0. The molecule has 142 valence electrons. The van der Waals surface area contributed by atoms with Gasteiger partial charge >= 0.3 is 0 Å². The van der Waals surface area contributed by atoms with Crippen LogP contribution in [0.3, 0.4) is 0 Å². The quantitative estimate of drug-likeness (QED) is 0.462. The third-order valence-corrected chi connectivity index (χ3v) is 3.94. The van der Waals surface area contributed by atoms with Crippen molar-refractivity contribution in [1.29, 1.82) is 0 Å². The van der Waals surface area contributed by atoms with Crippen LogP contribution in [0.4, 0.5) is 0 Å². The van der Waals surface area contributed by atoms with E-state index in [2.05, 4.69) is 27.7 Å². The Morgan fingerprint density at radius 2 is 0.682 bits per heavy atom. The molecule has 0 aromatic carbocycles. The summed E-state index contributed by atoms with van der Waals surface area (Å²) in [6.07, 6.45) is 11.1. The SMILES string of the molecule is CCCC[N+](CCCC)(CCCC)CCCC.Cl.O.O.O.[Cr]. The minimum Gasteiger partial charge on any atom is -0.412 e. The maximum absolute atomic E-state index is 2.33. The van der Waals surface area contributed by atoms with Crippen molar-refractivity contribution in [3.63, 3.8) is 0 Å². The molecule has 0 heterocycles. The second-order valence-corrected chi connectivity index (χ2v) is 5.65. The Morgan fingerprint density at radius 3 is 0.818 bits per heavy atom. The summed E-state index contributed by atoms with van der Waals surface area (Å²) in [4.78, 5) is 0. The molecule has 6 N–H and O–H groups in total. The number of halogens is 1. The van der Waals surface area contributed by atoms with Crippen molar-refractivity contribution >= 4 is 12.4 Å².